The minimum absolute atomic E-state index is 0.0576. The maximum atomic E-state index is 11.0. The van der Waals surface area contributed by atoms with E-state index in [1.807, 2.05) is 30.3 Å². The van der Waals surface area contributed by atoms with Gasteiger partial charge in [0.05, 0.1) is 4.92 Å². The van der Waals surface area contributed by atoms with Gasteiger partial charge in [-0.05, 0) is 17.7 Å². The number of nitro benzene ring substituents is 1. The molecule has 0 bridgehead atoms. The van der Waals surface area contributed by atoms with E-state index in [-0.39, 0.29) is 11.7 Å². The van der Waals surface area contributed by atoms with Gasteiger partial charge in [0.2, 0.25) is 0 Å². The van der Waals surface area contributed by atoms with Crippen LogP contribution in [0.5, 0.6) is 0 Å². The molecule has 0 heterocycles. The molecule has 2 aromatic carbocycles. The lowest BCUT2D eigenvalue weighted by Gasteiger charge is -2.14. The first kappa shape index (κ1) is 14.3. The first-order valence-corrected chi connectivity index (χ1v) is 6.44. The zero-order valence-electron chi connectivity index (χ0n) is 10.6. The number of nitrogens with one attached hydrogen (secondary N) is 1. The average molecular weight is 292 g/mol. The molecule has 5 nitrogen and oxygen atoms in total. The standard InChI is InChI=1S/C14H14ClN3O2/c15-11-6-7-13(14(8-11)18(19)20)17-9-12(16)10-4-2-1-3-5-10/h1-8,12,17H,9,16H2. The van der Waals surface area contributed by atoms with Gasteiger partial charge in [-0.1, -0.05) is 41.9 Å². The van der Waals surface area contributed by atoms with Crippen LogP contribution in [-0.4, -0.2) is 11.5 Å². The molecule has 3 N–H and O–H groups in total. The summed E-state index contributed by atoms with van der Waals surface area (Å²) in [6.45, 7) is 0.395. The average Bonchev–Trinajstić information content (AvgIpc) is 2.46. The van der Waals surface area contributed by atoms with Gasteiger partial charge >= 0.3 is 0 Å². The predicted octanol–water partition coefficient (Wildman–Crippen LogP) is 3.36. The smallest absolute Gasteiger partial charge is 0.293 e. The SMILES string of the molecule is NC(CNc1ccc(Cl)cc1[N+](=O)[O-])c1ccccc1. The number of hydrogen-bond donors (Lipinski definition) is 2. The third-order valence-electron chi connectivity index (χ3n) is 2.90. The Morgan fingerprint density at radius 2 is 1.95 bits per heavy atom. The van der Waals surface area contributed by atoms with E-state index in [1.54, 1.807) is 12.1 Å². The molecule has 0 aliphatic heterocycles. The molecule has 0 amide bonds. The molecule has 0 aliphatic rings. The fourth-order valence-corrected chi connectivity index (χ4v) is 2.01. The van der Waals surface area contributed by atoms with Crippen LogP contribution >= 0.6 is 11.6 Å². The third kappa shape index (κ3) is 3.46. The topological polar surface area (TPSA) is 81.2 Å². The second kappa shape index (κ2) is 6.36. The lowest BCUT2D eigenvalue weighted by atomic mass is 10.1. The number of halogens is 1. The summed E-state index contributed by atoms with van der Waals surface area (Å²) in [5.74, 6) is 0. The Bertz CT molecular complexity index is 605. The van der Waals surface area contributed by atoms with E-state index in [2.05, 4.69) is 5.32 Å². The number of anilines is 1. The van der Waals surface area contributed by atoms with Crippen LogP contribution in [0.4, 0.5) is 11.4 Å². The molecule has 0 aromatic heterocycles. The normalized spacial score (nSPS) is 11.9. The number of nitro groups is 1. The number of nitrogens with zero attached hydrogens (tertiary/aromatic N) is 1. The van der Waals surface area contributed by atoms with Crippen molar-refractivity contribution in [2.75, 3.05) is 11.9 Å². The lowest BCUT2D eigenvalue weighted by Crippen LogP contribution is -2.20. The van der Waals surface area contributed by atoms with Gasteiger partial charge in [-0.2, -0.15) is 0 Å². The van der Waals surface area contributed by atoms with Gasteiger partial charge in [0.1, 0.15) is 5.69 Å². The van der Waals surface area contributed by atoms with Crippen LogP contribution in [0, 0.1) is 10.1 Å². The van der Waals surface area contributed by atoms with Crippen molar-refractivity contribution in [1.29, 1.82) is 0 Å². The Labute approximate surface area is 121 Å². The highest BCUT2D eigenvalue weighted by atomic mass is 35.5. The minimum atomic E-state index is -0.470. The number of rotatable bonds is 5. The highest BCUT2D eigenvalue weighted by Crippen LogP contribution is 2.28. The van der Waals surface area contributed by atoms with E-state index >= 15 is 0 Å². The van der Waals surface area contributed by atoms with Gasteiger partial charge in [-0.25, -0.2) is 0 Å². The van der Waals surface area contributed by atoms with Crippen LogP contribution < -0.4 is 11.1 Å². The van der Waals surface area contributed by atoms with Gasteiger partial charge in [0.15, 0.2) is 0 Å². The summed E-state index contributed by atoms with van der Waals surface area (Å²) in [5, 5.41) is 14.3. The summed E-state index contributed by atoms with van der Waals surface area (Å²) in [4.78, 5) is 10.5. The van der Waals surface area contributed by atoms with Crippen LogP contribution in [0.1, 0.15) is 11.6 Å². The fraction of sp³-hybridized carbons (Fsp3) is 0.143. The van der Waals surface area contributed by atoms with Crippen LogP contribution in [0.3, 0.4) is 0 Å². The van der Waals surface area contributed by atoms with Crippen molar-refractivity contribution in [3.8, 4) is 0 Å². The molecule has 0 radical (unpaired) electrons. The van der Waals surface area contributed by atoms with E-state index in [4.69, 9.17) is 17.3 Å². The fourth-order valence-electron chi connectivity index (χ4n) is 1.84. The molecule has 104 valence electrons. The van der Waals surface area contributed by atoms with Crippen molar-refractivity contribution in [2.45, 2.75) is 6.04 Å². The van der Waals surface area contributed by atoms with Crippen molar-refractivity contribution < 1.29 is 4.92 Å². The van der Waals surface area contributed by atoms with Gasteiger partial charge in [-0.15, -0.1) is 0 Å². The van der Waals surface area contributed by atoms with E-state index in [0.717, 1.165) is 5.56 Å². The van der Waals surface area contributed by atoms with Gasteiger partial charge in [0.25, 0.3) is 5.69 Å². The van der Waals surface area contributed by atoms with Gasteiger partial charge < -0.3 is 11.1 Å². The molecule has 0 fully saturated rings. The minimum Gasteiger partial charge on any atom is -0.378 e. The Kier molecular flexibility index (Phi) is 4.55. The summed E-state index contributed by atoms with van der Waals surface area (Å²) in [6.07, 6.45) is 0. The van der Waals surface area contributed by atoms with E-state index < -0.39 is 4.92 Å². The summed E-state index contributed by atoms with van der Waals surface area (Å²) >= 11 is 5.76. The molecule has 0 spiro atoms. The quantitative estimate of drug-likeness (QED) is 0.654. The summed E-state index contributed by atoms with van der Waals surface area (Å²) < 4.78 is 0. The van der Waals surface area contributed by atoms with E-state index in [9.17, 15) is 10.1 Å². The van der Waals surface area contributed by atoms with E-state index in [1.165, 1.54) is 6.07 Å². The molecular formula is C14H14ClN3O2. The second-order valence-electron chi connectivity index (χ2n) is 4.32. The predicted molar refractivity (Wildman–Crippen MR) is 80.0 cm³/mol. The van der Waals surface area contributed by atoms with Gasteiger partial charge in [-0.3, -0.25) is 10.1 Å². The Morgan fingerprint density at radius 1 is 1.25 bits per heavy atom. The molecule has 2 rings (SSSR count). The first-order chi connectivity index (χ1) is 9.58. The first-order valence-electron chi connectivity index (χ1n) is 6.06. The molecule has 6 heteroatoms. The zero-order chi connectivity index (χ0) is 14.5. The maximum absolute atomic E-state index is 11.0. The lowest BCUT2D eigenvalue weighted by molar-refractivity contribution is -0.383. The van der Waals surface area contributed by atoms with Crippen LogP contribution in [-0.2, 0) is 0 Å². The Balaban J connectivity index is 2.09. The van der Waals surface area contributed by atoms with Crippen molar-refractivity contribution in [2.24, 2.45) is 5.73 Å². The van der Waals surface area contributed by atoms with Crippen molar-refractivity contribution >= 4 is 23.0 Å². The summed E-state index contributed by atoms with van der Waals surface area (Å²) in [7, 11) is 0. The largest absolute Gasteiger partial charge is 0.378 e. The molecule has 1 atom stereocenters. The third-order valence-corrected chi connectivity index (χ3v) is 3.13. The molecule has 0 saturated heterocycles. The van der Waals surface area contributed by atoms with Crippen LogP contribution in [0.25, 0.3) is 0 Å². The van der Waals surface area contributed by atoms with Crippen LogP contribution in [0.15, 0.2) is 48.5 Å². The van der Waals surface area contributed by atoms with Crippen molar-refractivity contribution in [3.63, 3.8) is 0 Å². The molecule has 0 aliphatic carbocycles. The Morgan fingerprint density at radius 3 is 2.60 bits per heavy atom. The monoisotopic (exact) mass is 291 g/mol. The van der Waals surface area contributed by atoms with E-state index in [0.29, 0.717) is 17.3 Å². The number of benzene rings is 2. The summed E-state index contributed by atoms with van der Waals surface area (Å²) in [5.41, 5.74) is 7.36. The zero-order valence-corrected chi connectivity index (χ0v) is 11.4. The van der Waals surface area contributed by atoms with Gasteiger partial charge in [0, 0.05) is 23.7 Å². The Hall–Kier alpha value is -2.11. The second-order valence-corrected chi connectivity index (χ2v) is 4.75. The molecular weight excluding hydrogens is 278 g/mol. The molecule has 20 heavy (non-hydrogen) atoms. The highest BCUT2D eigenvalue weighted by Gasteiger charge is 2.15. The highest BCUT2D eigenvalue weighted by molar-refractivity contribution is 6.30. The number of nitrogens with two attached hydrogens (primary N) is 1. The summed E-state index contributed by atoms with van der Waals surface area (Å²) in [6, 6.07) is 13.8. The number of hydrogen-bond acceptors (Lipinski definition) is 4. The van der Waals surface area contributed by atoms with Crippen molar-refractivity contribution in [3.05, 3.63) is 69.2 Å². The molecule has 2 aromatic rings. The molecule has 0 saturated carbocycles. The van der Waals surface area contributed by atoms with Crippen molar-refractivity contribution in [1.82, 2.24) is 0 Å². The maximum Gasteiger partial charge on any atom is 0.293 e. The molecule has 1 unspecified atom stereocenters. The van der Waals surface area contributed by atoms with Crippen LogP contribution in [0.2, 0.25) is 5.02 Å².